The molecule has 3 amide bonds. The summed E-state index contributed by atoms with van der Waals surface area (Å²) in [7, 11) is 2.95. The Morgan fingerprint density at radius 2 is 1.81 bits per heavy atom. The third kappa shape index (κ3) is 12.1. The third-order valence-corrected chi connectivity index (χ3v) is 7.88. The van der Waals surface area contributed by atoms with E-state index in [0.29, 0.717) is 49.7 Å². The van der Waals surface area contributed by atoms with Gasteiger partial charge >= 0.3 is 12.1 Å². The number of benzene rings is 2. The van der Waals surface area contributed by atoms with E-state index in [0.717, 1.165) is 43.2 Å². The van der Waals surface area contributed by atoms with Crippen LogP contribution in [0.3, 0.4) is 0 Å². The number of piperidine rings is 1. The van der Waals surface area contributed by atoms with Crippen molar-refractivity contribution < 1.29 is 38.1 Å². The summed E-state index contributed by atoms with van der Waals surface area (Å²) in [4.78, 5) is 54.4. The fourth-order valence-electron chi connectivity index (χ4n) is 5.45. The molecule has 0 saturated carbocycles. The molecule has 1 atom stereocenters. The number of ether oxygens (including phenoxy) is 4. The lowest BCUT2D eigenvalue weighted by molar-refractivity contribution is -0.140. The molecule has 0 spiro atoms. The normalized spacial score (nSPS) is 14.6. The number of hydrogen-bond donors (Lipinski definition) is 1. The van der Waals surface area contributed by atoms with Crippen molar-refractivity contribution in [2.75, 3.05) is 47.0 Å². The van der Waals surface area contributed by atoms with Gasteiger partial charge in [-0.1, -0.05) is 18.6 Å². The van der Waals surface area contributed by atoms with Gasteiger partial charge < -0.3 is 29.2 Å². The standard InChI is InChI=1S/C36H51N3O8/c1-7-46-31-22-30(44-5)18-17-29(31)24-39(35(43)47-36(2,3)4)25-32(40)38-20-12-15-28(23-38)26-13-11-14-27(21-26)34(42)37-19-10-8-9-16-33(41)45-6/h11,13-14,17-18,21-22,28H,7-10,12,15-16,19-20,23-25H2,1-6H3,(H,37,42). The number of methoxy groups -OCH3 is 2. The van der Waals surface area contributed by atoms with Crippen molar-refractivity contribution in [3.8, 4) is 11.5 Å². The quantitative estimate of drug-likeness (QED) is 0.192. The second kappa shape index (κ2) is 18.2. The van der Waals surface area contributed by atoms with Crippen LogP contribution in [0.5, 0.6) is 11.5 Å². The van der Waals surface area contributed by atoms with Gasteiger partial charge in [-0.05, 0) is 83.2 Å². The van der Waals surface area contributed by atoms with Crippen molar-refractivity contribution in [1.29, 1.82) is 0 Å². The Morgan fingerprint density at radius 1 is 1.02 bits per heavy atom. The maximum atomic E-state index is 13.7. The van der Waals surface area contributed by atoms with Crippen molar-refractivity contribution >= 4 is 23.9 Å². The average molecular weight is 654 g/mol. The molecule has 11 heteroatoms. The molecule has 47 heavy (non-hydrogen) atoms. The van der Waals surface area contributed by atoms with Gasteiger partial charge in [0, 0.05) is 49.2 Å². The number of amides is 3. The second-order valence-corrected chi connectivity index (χ2v) is 12.7. The number of carbonyl (C=O) groups excluding carboxylic acids is 4. The largest absolute Gasteiger partial charge is 0.497 e. The van der Waals surface area contributed by atoms with Crippen LogP contribution in [0.2, 0.25) is 0 Å². The zero-order valence-corrected chi connectivity index (χ0v) is 28.8. The molecule has 0 aromatic heterocycles. The summed E-state index contributed by atoms with van der Waals surface area (Å²) in [6, 6.07) is 12.9. The van der Waals surface area contributed by atoms with E-state index in [9.17, 15) is 19.2 Å². The number of esters is 1. The summed E-state index contributed by atoms with van der Waals surface area (Å²) in [5.74, 6) is 0.715. The molecule has 0 radical (unpaired) electrons. The van der Waals surface area contributed by atoms with Gasteiger partial charge in [0.25, 0.3) is 5.91 Å². The number of rotatable bonds is 15. The van der Waals surface area contributed by atoms with Crippen molar-refractivity contribution in [2.24, 2.45) is 0 Å². The molecule has 2 aromatic carbocycles. The van der Waals surface area contributed by atoms with Crippen LogP contribution in [0.4, 0.5) is 4.79 Å². The smallest absolute Gasteiger partial charge is 0.411 e. The fraction of sp³-hybridized carbons (Fsp3) is 0.556. The summed E-state index contributed by atoms with van der Waals surface area (Å²) in [6.45, 7) is 9.25. The summed E-state index contributed by atoms with van der Waals surface area (Å²) >= 11 is 0. The van der Waals surface area contributed by atoms with E-state index in [1.807, 2.05) is 31.2 Å². The van der Waals surface area contributed by atoms with Gasteiger partial charge in [-0.25, -0.2) is 4.79 Å². The van der Waals surface area contributed by atoms with Crippen LogP contribution >= 0.6 is 0 Å². The monoisotopic (exact) mass is 653 g/mol. The first-order chi connectivity index (χ1) is 22.4. The average Bonchev–Trinajstić information content (AvgIpc) is 3.05. The number of carbonyl (C=O) groups is 4. The van der Waals surface area contributed by atoms with Crippen LogP contribution in [0.25, 0.3) is 0 Å². The van der Waals surface area contributed by atoms with Crippen molar-refractivity contribution in [1.82, 2.24) is 15.1 Å². The first-order valence-corrected chi connectivity index (χ1v) is 16.4. The van der Waals surface area contributed by atoms with Crippen LogP contribution in [0.1, 0.15) is 93.6 Å². The lowest BCUT2D eigenvalue weighted by Crippen LogP contribution is -2.47. The number of unbranched alkanes of at least 4 members (excludes halogenated alkanes) is 2. The van der Waals surface area contributed by atoms with Crippen LogP contribution in [-0.4, -0.2) is 86.3 Å². The van der Waals surface area contributed by atoms with Crippen LogP contribution < -0.4 is 14.8 Å². The van der Waals surface area contributed by atoms with E-state index in [-0.39, 0.29) is 36.8 Å². The van der Waals surface area contributed by atoms with Crippen LogP contribution in [0.15, 0.2) is 42.5 Å². The van der Waals surface area contributed by atoms with Gasteiger partial charge in [0.1, 0.15) is 23.6 Å². The number of nitrogens with one attached hydrogen (secondary N) is 1. The Labute approximate surface area is 278 Å². The minimum absolute atomic E-state index is 0.0555. The van der Waals surface area contributed by atoms with E-state index in [1.165, 1.54) is 12.0 Å². The highest BCUT2D eigenvalue weighted by Crippen LogP contribution is 2.29. The molecule has 0 bridgehead atoms. The van der Waals surface area contributed by atoms with Gasteiger partial charge in [0.2, 0.25) is 5.91 Å². The van der Waals surface area contributed by atoms with E-state index in [2.05, 4.69) is 10.1 Å². The lowest BCUT2D eigenvalue weighted by Gasteiger charge is -2.35. The molecular weight excluding hydrogens is 602 g/mol. The molecule has 3 rings (SSSR count). The molecule has 1 saturated heterocycles. The molecule has 2 aromatic rings. The highest BCUT2D eigenvalue weighted by atomic mass is 16.6. The number of nitrogens with zero attached hydrogens (tertiary/aromatic N) is 2. The van der Waals surface area contributed by atoms with E-state index in [4.69, 9.17) is 14.2 Å². The number of likely N-dealkylation sites (tertiary alicyclic amines) is 1. The van der Waals surface area contributed by atoms with E-state index < -0.39 is 11.7 Å². The maximum absolute atomic E-state index is 13.7. The molecule has 1 unspecified atom stereocenters. The van der Waals surface area contributed by atoms with Gasteiger partial charge in [-0.3, -0.25) is 19.3 Å². The summed E-state index contributed by atoms with van der Waals surface area (Å²) < 4.78 is 21.5. The predicted molar refractivity (Wildman–Crippen MR) is 179 cm³/mol. The first-order valence-electron chi connectivity index (χ1n) is 16.4. The van der Waals surface area contributed by atoms with Gasteiger partial charge in [-0.2, -0.15) is 0 Å². The Bertz CT molecular complexity index is 1360. The molecule has 258 valence electrons. The second-order valence-electron chi connectivity index (χ2n) is 12.7. The molecule has 1 N–H and O–H groups in total. The summed E-state index contributed by atoms with van der Waals surface area (Å²) in [5, 5.41) is 2.96. The zero-order valence-electron chi connectivity index (χ0n) is 28.8. The zero-order chi connectivity index (χ0) is 34.4. The summed E-state index contributed by atoms with van der Waals surface area (Å²) in [6.07, 6.45) is 3.80. The molecule has 1 aliphatic rings. The molecular formula is C36H51N3O8. The Hall–Kier alpha value is -4.28. The SMILES string of the molecule is CCOc1cc(OC)ccc1CN(CC(=O)N1CCCC(c2cccc(C(=O)NCCCCCC(=O)OC)c2)C1)C(=O)OC(C)(C)C. The molecule has 1 aliphatic heterocycles. The molecule has 1 heterocycles. The molecule has 1 fully saturated rings. The lowest BCUT2D eigenvalue weighted by atomic mass is 9.89. The maximum Gasteiger partial charge on any atom is 0.411 e. The van der Waals surface area contributed by atoms with Crippen molar-refractivity contribution in [2.45, 2.75) is 84.3 Å². The van der Waals surface area contributed by atoms with Crippen LogP contribution in [-0.2, 0) is 25.6 Å². The predicted octanol–water partition coefficient (Wildman–Crippen LogP) is 5.70. The van der Waals surface area contributed by atoms with E-state index in [1.54, 1.807) is 51.0 Å². The minimum atomic E-state index is -0.737. The minimum Gasteiger partial charge on any atom is -0.497 e. The highest BCUT2D eigenvalue weighted by molar-refractivity contribution is 5.94. The van der Waals surface area contributed by atoms with Crippen LogP contribution in [0, 0.1) is 0 Å². The Balaban J connectivity index is 1.66. The van der Waals surface area contributed by atoms with Gasteiger partial charge in [-0.15, -0.1) is 0 Å². The topological polar surface area (TPSA) is 124 Å². The first kappa shape index (κ1) is 37.2. The summed E-state index contributed by atoms with van der Waals surface area (Å²) in [5.41, 5.74) is 1.57. The number of hydrogen-bond acceptors (Lipinski definition) is 8. The third-order valence-electron chi connectivity index (χ3n) is 7.88. The van der Waals surface area contributed by atoms with Crippen molar-refractivity contribution in [3.63, 3.8) is 0 Å². The van der Waals surface area contributed by atoms with E-state index >= 15 is 0 Å². The van der Waals surface area contributed by atoms with Gasteiger partial charge in [0.05, 0.1) is 27.4 Å². The van der Waals surface area contributed by atoms with Gasteiger partial charge in [0.15, 0.2) is 0 Å². The molecule has 0 aliphatic carbocycles. The fourth-order valence-corrected chi connectivity index (χ4v) is 5.45. The van der Waals surface area contributed by atoms with Crippen molar-refractivity contribution in [3.05, 3.63) is 59.2 Å². The highest BCUT2D eigenvalue weighted by Gasteiger charge is 2.30. The Kier molecular flexibility index (Phi) is 14.4. The Morgan fingerprint density at radius 3 is 2.51 bits per heavy atom. The molecule has 11 nitrogen and oxygen atoms in total.